The largest absolute Gasteiger partial charge is 0.496 e. The molecule has 214 valence electrons. The molecule has 41 heavy (non-hydrogen) atoms. The van der Waals surface area contributed by atoms with Crippen LogP contribution < -0.4 is 25.2 Å². The van der Waals surface area contributed by atoms with Crippen molar-refractivity contribution in [1.29, 1.82) is 0 Å². The number of rotatable bonds is 8. The highest BCUT2D eigenvalue weighted by Crippen LogP contribution is 2.38. The smallest absolute Gasteiger partial charge is 0.253 e. The second-order valence-corrected chi connectivity index (χ2v) is 11.5. The maximum Gasteiger partial charge on any atom is 0.253 e. The molecule has 0 aliphatic carbocycles. The lowest BCUT2D eigenvalue weighted by molar-refractivity contribution is 0.0923. The molecule has 2 N–H and O–H groups in total. The Morgan fingerprint density at radius 3 is 2.34 bits per heavy atom. The summed E-state index contributed by atoms with van der Waals surface area (Å²) in [6.45, 7) is 4.65. The number of pyridine rings is 1. The molecule has 3 aliphatic heterocycles. The highest BCUT2D eigenvalue weighted by molar-refractivity contribution is 5.96. The van der Waals surface area contributed by atoms with Gasteiger partial charge in [-0.1, -0.05) is 18.2 Å². The quantitative estimate of drug-likeness (QED) is 0.415. The molecule has 0 saturated carbocycles. The topological polar surface area (TPSA) is 86.8 Å². The normalized spacial score (nSPS) is 21.6. The van der Waals surface area contributed by atoms with Crippen LogP contribution in [0.4, 0.5) is 11.5 Å². The van der Waals surface area contributed by atoms with Gasteiger partial charge in [0.2, 0.25) is 0 Å². The van der Waals surface area contributed by atoms with E-state index in [2.05, 4.69) is 44.7 Å². The summed E-state index contributed by atoms with van der Waals surface area (Å²) in [7, 11) is 1.62. The van der Waals surface area contributed by atoms with Crippen LogP contribution in [0, 0.1) is 6.92 Å². The van der Waals surface area contributed by atoms with Gasteiger partial charge in [0.05, 0.1) is 12.7 Å². The van der Waals surface area contributed by atoms with E-state index in [9.17, 15) is 9.59 Å². The van der Waals surface area contributed by atoms with Crippen LogP contribution in [-0.4, -0.2) is 55.1 Å². The molecule has 1 unspecified atom stereocenters. The molecule has 3 saturated heterocycles. The van der Waals surface area contributed by atoms with E-state index in [1.54, 1.807) is 13.3 Å². The lowest BCUT2D eigenvalue weighted by Gasteiger charge is -2.40. The minimum Gasteiger partial charge on any atom is -0.496 e. The lowest BCUT2D eigenvalue weighted by atomic mass is 9.96. The van der Waals surface area contributed by atoms with Crippen molar-refractivity contribution in [2.24, 2.45) is 0 Å². The minimum atomic E-state index is -0.120. The molecule has 0 spiro atoms. The Morgan fingerprint density at radius 1 is 0.951 bits per heavy atom. The van der Waals surface area contributed by atoms with Gasteiger partial charge in [-0.15, -0.1) is 0 Å². The predicted molar refractivity (Wildman–Crippen MR) is 161 cm³/mol. The highest BCUT2D eigenvalue weighted by atomic mass is 16.5. The molecule has 4 heterocycles. The van der Waals surface area contributed by atoms with Crippen molar-refractivity contribution in [3.8, 4) is 5.75 Å². The zero-order valence-corrected chi connectivity index (χ0v) is 23.9. The maximum absolute atomic E-state index is 13.1. The number of carbonyl (C=O) groups excluding carboxylic acids is 2. The summed E-state index contributed by atoms with van der Waals surface area (Å²) in [6, 6.07) is 18.6. The molecule has 3 aromatic rings. The summed E-state index contributed by atoms with van der Waals surface area (Å²) in [5, 5.41) is 6.30. The van der Waals surface area contributed by atoms with Crippen LogP contribution in [-0.2, 0) is 6.54 Å². The van der Waals surface area contributed by atoms with E-state index in [-0.39, 0.29) is 17.9 Å². The number of fused-ring (bicyclic) bond motifs is 2. The van der Waals surface area contributed by atoms with E-state index in [0.717, 1.165) is 61.5 Å². The minimum absolute atomic E-state index is 0.0460. The van der Waals surface area contributed by atoms with Crippen molar-refractivity contribution < 1.29 is 14.3 Å². The van der Waals surface area contributed by atoms with Crippen LogP contribution in [0.25, 0.3) is 0 Å². The van der Waals surface area contributed by atoms with Gasteiger partial charge in [-0.05, 0) is 87.4 Å². The summed E-state index contributed by atoms with van der Waals surface area (Å²) in [6.07, 6.45) is 8.11. The van der Waals surface area contributed by atoms with Crippen LogP contribution in [0.15, 0.2) is 60.8 Å². The Balaban J connectivity index is 1.03. The predicted octanol–water partition coefficient (Wildman–Crippen LogP) is 4.86. The number of methoxy groups -OCH3 is 1. The third-order valence-electron chi connectivity index (χ3n) is 8.95. The van der Waals surface area contributed by atoms with Gasteiger partial charge in [-0.3, -0.25) is 9.59 Å². The molecule has 8 heteroatoms. The van der Waals surface area contributed by atoms with Crippen LogP contribution in [0.3, 0.4) is 0 Å². The standard InChI is InChI=1S/C33H39N5O3/c1-22-29(6-5-7-30(22)41-2)33(40)36-25-18-27-13-14-28(19-25)38(27)31-15-10-24(21-34-31)32(39)35-20-23-8-11-26(12-9-23)37-16-3-4-17-37/h5-12,15,21,25,27-28H,3-4,13-14,16-20H2,1-2H3,(H,35,39)(H,36,40)/t25?,27-,28+. The summed E-state index contributed by atoms with van der Waals surface area (Å²) < 4.78 is 5.39. The van der Waals surface area contributed by atoms with Crippen LogP contribution in [0.2, 0.25) is 0 Å². The molecule has 3 aliphatic rings. The molecule has 3 fully saturated rings. The number of amides is 2. The number of ether oxygens (including phenoxy) is 1. The van der Waals surface area contributed by atoms with Crippen molar-refractivity contribution in [2.45, 2.75) is 70.1 Å². The number of carbonyl (C=O) groups is 2. The van der Waals surface area contributed by atoms with Crippen molar-refractivity contribution in [3.63, 3.8) is 0 Å². The first-order valence-electron chi connectivity index (χ1n) is 14.8. The van der Waals surface area contributed by atoms with Gasteiger partial charge < -0.3 is 25.2 Å². The fraction of sp³-hybridized carbons (Fsp3) is 0.424. The van der Waals surface area contributed by atoms with Gasteiger partial charge in [0, 0.05) is 60.8 Å². The van der Waals surface area contributed by atoms with Crippen LogP contribution >= 0.6 is 0 Å². The average Bonchev–Trinajstić information content (AvgIpc) is 3.63. The number of nitrogens with one attached hydrogen (secondary N) is 2. The summed E-state index contributed by atoms with van der Waals surface area (Å²) in [5.41, 5.74) is 4.42. The Bertz CT molecular complexity index is 1370. The van der Waals surface area contributed by atoms with Crippen molar-refractivity contribution in [1.82, 2.24) is 15.6 Å². The van der Waals surface area contributed by atoms with Crippen LogP contribution in [0.1, 0.15) is 70.4 Å². The molecule has 8 nitrogen and oxygen atoms in total. The van der Waals surface area contributed by atoms with E-state index in [0.29, 0.717) is 29.8 Å². The van der Waals surface area contributed by atoms with Gasteiger partial charge in [0.1, 0.15) is 11.6 Å². The zero-order chi connectivity index (χ0) is 28.3. The van der Waals surface area contributed by atoms with Gasteiger partial charge in [0.25, 0.3) is 11.8 Å². The zero-order valence-electron chi connectivity index (χ0n) is 23.9. The van der Waals surface area contributed by atoms with Crippen LogP contribution in [0.5, 0.6) is 5.75 Å². The van der Waals surface area contributed by atoms with Gasteiger partial charge >= 0.3 is 0 Å². The molecule has 0 radical (unpaired) electrons. The van der Waals surface area contributed by atoms with Gasteiger partial charge in [0.15, 0.2) is 0 Å². The Labute approximate surface area is 242 Å². The first-order valence-corrected chi connectivity index (χ1v) is 14.8. The summed E-state index contributed by atoms with van der Waals surface area (Å²) >= 11 is 0. The fourth-order valence-electron chi connectivity index (χ4n) is 6.77. The number of hydrogen-bond donors (Lipinski definition) is 2. The van der Waals surface area contributed by atoms with Gasteiger partial charge in [-0.25, -0.2) is 4.98 Å². The molecule has 1 aromatic heterocycles. The number of benzene rings is 2. The molecule has 6 rings (SSSR count). The molecule has 2 bridgehead atoms. The van der Waals surface area contributed by atoms with E-state index in [4.69, 9.17) is 9.72 Å². The molecule has 2 amide bonds. The third kappa shape index (κ3) is 5.73. The molecule has 2 aromatic carbocycles. The second-order valence-electron chi connectivity index (χ2n) is 11.5. The summed E-state index contributed by atoms with van der Waals surface area (Å²) in [5.74, 6) is 1.46. The monoisotopic (exact) mass is 553 g/mol. The average molecular weight is 554 g/mol. The number of nitrogens with zero attached hydrogens (tertiary/aromatic N) is 3. The molecular formula is C33H39N5O3. The maximum atomic E-state index is 13.1. The first-order chi connectivity index (χ1) is 20.0. The SMILES string of the molecule is COc1cccc(C(=O)NC2C[C@H]3CC[C@@H](C2)N3c2ccc(C(=O)NCc3ccc(N4CCCC4)cc3)cn2)c1C. The Morgan fingerprint density at radius 2 is 1.68 bits per heavy atom. The van der Waals surface area contributed by atoms with Crippen molar-refractivity contribution >= 4 is 23.3 Å². The second kappa shape index (κ2) is 11.8. The molecular weight excluding hydrogens is 514 g/mol. The lowest BCUT2D eigenvalue weighted by Crippen LogP contribution is -2.50. The van der Waals surface area contributed by atoms with Crippen molar-refractivity contribution in [2.75, 3.05) is 30.0 Å². The third-order valence-corrected chi connectivity index (χ3v) is 8.95. The Hall–Kier alpha value is -4.07. The number of aromatic nitrogens is 1. The fourth-order valence-corrected chi connectivity index (χ4v) is 6.77. The number of piperidine rings is 1. The van der Waals surface area contributed by atoms with Gasteiger partial charge in [-0.2, -0.15) is 0 Å². The van der Waals surface area contributed by atoms with E-state index < -0.39 is 0 Å². The van der Waals surface area contributed by atoms with E-state index >= 15 is 0 Å². The number of hydrogen-bond acceptors (Lipinski definition) is 6. The molecule has 3 atom stereocenters. The number of anilines is 2. The first kappa shape index (κ1) is 27.1. The summed E-state index contributed by atoms with van der Waals surface area (Å²) in [4.78, 5) is 35.4. The van der Waals surface area contributed by atoms with E-state index in [1.807, 2.05) is 37.3 Å². The van der Waals surface area contributed by atoms with E-state index in [1.165, 1.54) is 18.5 Å². The Kier molecular flexibility index (Phi) is 7.81. The van der Waals surface area contributed by atoms with Crippen molar-refractivity contribution in [3.05, 3.63) is 83.0 Å². The highest BCUT2D eigenvalue weighted by Gasteiger charge is 2.42.